The van der Waals surface area contributed by atoms with E-state index < -0.39 is 6.10 Å². The predicted octanol–water partition coefficient (Wildman–Crippen LogP) is 3.64. The van der Waals surface area contributed by atoms with Crippen LogP contribution in [0.3, 0.4) is 0 Å². The summed E-state index contributed by atoms with van der Waals surface area (Å²) in [4.78, 5) is 0. The van der Waals surface area contributed by atoms with Crippen LogP contribution in [0, 0.1) is 5.41 Å². The Bertz CT molecular complexity index is 433. The second-order valence-electron chi connectivity index (χ2n) is 6.40. The summed E-state index contributed by atoms with van der Waals surface area (Å²) >= 11 is 6.01. The minimum absolute atomic E-state index is 0.257. The van der Waals surface area contributed by atoms with Crippen LogP contribution in [0.1, 0.15) is 39.0 Å². The SMILES string of the molecule is CC1(CNCC(O)COc2ccccc2Cl)CCCCC1. The van der Waals surface area contributed by atoms with Gasteiger partial charge in [0.2, 0.25) is 0 Å². The molecule has 1 aromatic carbocycles. The van der Waals surface area contributed by atoms with Crippen molar-refractivity contribution < 1.29 is 9.84 Å². The third-order valence-corrected chi connectivity index (χ3v) is 4.57. The summed E-state index contributed by atoms with van der Waals surface area (Å²) in [5.41, 5.74) is 0.390. The molecule has 1 aliphatic rings. The third kappa shape index (κ3) is 5.50. The molecular weight excluding hydrogens is 286 g/mol. The molecule has 0 bridgehead atoms. The van der Waals surface area contributed by atoms with Crippen LogP contribution in [-0.2, 0) is 0 Å². The number of hydrogen-bond donors (Lipinski definition) is 2. The van der Waals surface area contributed by atoms with E-state index in [9.17, 15) is 5.11 Å². The highest BCUT2D eigenvalue weighted by Crippen LogP contribution is 2.34. The van der Waals surface area contributed by atoms with Gasteiger partial charge in [-0.15, -0.1) is 0 Å². The van der Waals surface area contributed by atoms with Crippen molar-refractivity contribution >= 4 is 11.6 Å². The van der Waals surface area contributed by atoms with Crippen LogP contribution in [0.4, 0.5) is 0 Å². The van der Waals surface area contributed by atoms with Gasteiger partial charge in [0.25, 0.3) is 0 Å². The van der Waals surface area contributed by atoms with Gasteiger partial charge in [-0.2, -0.15) is 0 Å². The first-order valence-corrected chi connectivity index (χ1v) is 8.23. The number of hydrogen-bond acceptors (Lipinski definition) is 3. The number of aliphatic hydroxyl groups is 1. The largest absolute Gasteiger partial charge is 0.489 e. The van der Waals surface area contributed by atoms with Gasteiger partial charge in [0.05, 0.1) is 5.02 Å². The van der Waals surface area contributed by atoms with E-state index in [1.807, 2.05) is 18.2 Å². The van der Waals surface area contributed by atoms with Crippen molar-refractivity contribution in [1.82, 2.24) is 5.32 Å². The average molecular weight is 312 g/mol. The summed E-state index contributed by atoms with van der Waals surface area (Å²) in [5, 5.41) is 13.9. The van der Waals surface area contributed by atoms with Crippen molar-refractivity contribution in [1.29, 1.82) is 0 Å². The number of nitrogens with one attached hydrogen (secondary N) is 1. The first kappa shape index (κ1) is 16.6. The van der Waals surface area contributed by atoms with Crippen LogP contribution in [-0.4, -0.2) is 30.9 Å². The van der Waals surface area contributed by atoms with Gasteiger partial charge in [-0.25, -0.2) is 0 Å². The van der Waals surface area contributed by atoms with Crippen LogP contribution >= 0.6 is 11.6 Å². The average Bonchev–Trinajstić information content (AvgIpc) is 2.47. The standard InChI is InChI=1S/C17H26ClNO2/c1-17(9-5-2-6-10-17)13-19-11-14(20)12-21-16-8-4-3-7-15(16)18/h3-4,7-8,14,19-20H,2,5-6,9-13H2,1H3. The Kier molecular flexibility index (Phi) is 6.34. The summed E-state index contributed by atoms with van der Waals surface area (Å²) in [6.07, 6.45) is 6.07. The molecule has 2 rings (SSSR count). The molecule has 0 aliphatic heterocycles. The van der Waals surface area contributed by atoms with E-state index in [1.54, 1.807) is 6.07 Å². The molecule has 118 valence electrons. The number of aliphatic hydroxyl groups excluding tert-OH is 1. The first-order chi connectivity index (χ1) is 10.1. The monoisotopic (exact) mass is 311 g/mol. The van der Waals surface area contributed by atoms with Gasteiger partial charge in [0.15, 0.2) is 0 Å². The van der Waals surface area contributed by atoms with Crippen LogP contribution in [0.5, 0.6) is 5.75 Å². The van der Waals surface area contributed by atoms with E-state index in [2.05, 4.69) is 12.2 Å². The number of benzene rings is 1. The van der Waals surface area contributed by atoms with Gasteiger partial charge in [-0.05, 0) is 30.4 Å². The minimum Gasteiger partial charge on any atom is -0.489 e. The maximum atomic E-state index is 9.98. The lowest BCUT2D eigenvalue weighted by Gasteiger charge is -2.34. The fourth-order valence-corrected chi connectivity index (χ4v) is 3.12. The van der Waals surface area contributed by atoms with E-state index in [0.717, 1.165) is 6.54 Å². The molecule has 3 nitrogen and oxygen atoms in total. The Morgan fingerprint density at radius 1 is 1.29 bits per heavy atom. The van der Waals surface area contributed by atoms with Gasteiger partial charge in [-0.1, -0.05) is 49.9 Å². The summed E-state index contributed by atoms with van der Waals surface area (Å²) < 4.78 is 5.54. The van der Waals surface area contributed by atoms with E-state index >= 15 is 0 Å². The number of halogens is 1. The quantitative estimate of drug-likeness (QED) is 0.808. The maximum absolute atomic E-state index is 9.98. The fourth-order valence-electron chi connectivity index (χ4n) is 2.93. The van der Waals surface area contributed by atoms with Gasteiger partial charge < -0.3 is 15.2 Å². The van der Waals surface area contributed by atoms with E-state index in [4.69, 9.17) is 16.3 Å². The molecule has 1 atom stereocenters. The highest BCUT2D eigenvalue weighted by Gasteiger charge is 2.26. The van der Waals surface area contributed by atoms with E-state index in [0.29, 0.717) is 22.7 Å². The zero-order chi connectivity index (χ0) is 15.1. The molecule has 0 aromatic heterocycles. The molecule has 0 saturated heterocycles. The van der Waals surface area contributed by atoms with Crippen LogP contribution in [0.2, 0.25) is 5.02 Å². The first-order valence-electron chi connectivity index (χ1n) is 7.85. The molecule has 1 unspecified atom stereocenters. The zero-order valence-electron chi connectivity index (χ0n) is 12.8. The molecular formula is C17H26ClNO2. The molecule has 1 aliphatic carbocycles. The lowest BCUT2D eigenvalue weighted by Crippen LogP contribution is -2.39. The second-order valence-corrected chi connectivity index (χ2v) is 6.80. The van der Waals surface area contributed by atoms with Crippen LogP contribution in [0.15, 0.2) is 24.3 Å². The summed E-state index contributed by atoms with van der Waals surface area (Å²) in [7, 11) is 0. The third-order valence-electron chi connectivity index (χ3n) is 4.26. The molecule has 0 heterocycles. The maximum Gasteiger partial charge on any atom is 0.138 e. The summed E-state index contributed by atoms with van der Waals surface area (Å²) in [6.45, 7) is 4.12. The Labute approximate surface area is 132 Å². The van der Waals surface area contributed by atoms with Crippen molar-refractivity contribution in [3.8, 4) is 5.75 Å². The Morgan fingerprint density at radius 2 is 2.00 bits per heavy atom. The van der Waals surface area contributed by atoms with Crippen molar-refractivity contribution in [2.75, 3.05) is 19.7 Å². The Morgan fingerprint density at radius 3 is 2.71 bits per heavy atom. The minimum atomic E-state index is -0.520. The number of rotatable bonds is 7. The van der Waals surface area contributed by atoms with E-state index in [1.165, 1.54) is 32.1 Å². The smallest absolute Gasteiger partial charge is 0.138 e. The van der Waals surface area contributed by atoms with Gasteiger partial charge >= 0.3 is 0 Å². The second kappa shape index (κ2) is 8.02. The fraction of sp³-hybridized carbons (Fsp3) is 0.647. The lowest BCUT2D eigenvalue weighted by atomic mass is 9.76. The summed E-state index contributed by atoms with van der Waals surface area (Å²) in [6, 6.07) is 7.32. The molecule has 1 aromatic rings. The lowest BCUT2D eigenvalue weighted by molar-refractivity contribution is 0.100. The molecule has 2 N–H and O–H groups in total. The molecule has 0 spiro atoms. The highest BCUT2D eigenvalue weighted by atomic mass is 35.5. The summed E-state index contributed by atoms with van der Waals surface area (Å²) in [5.74, 6) is 0.623. The van der Waals surface area contributed by atoms with Gasteiger partial charge in [0, 0.05) is 13.1 Å². The van der Waals surface area contributed by atoms with Crippen molar-refractivity contribution in [3.63, 3.8) is 0 Å². The molecule has 21 heavy (non-hydrogen) atoms. The number of ether oxygens (including phenoxy) is 1. The normalized spacial score (nSPS) is 19.2. The van der Waals surface area contributed by atoms with Gasteiger partial charge in [-0.3, -0.25) is 0 Å². The van der Waals surface area contributed by atoms with E-state index in [-0.39, 0.29) is 6.61 Å². The Balaban J connectivity index is 1.65. The molecule has 1 saturated carbocycles. The molecule has 1 fully saturated rings. The number of para-hydroxylation sites is 1. The molecule has 0 amide bonds. The van der Waals surface area contributed by atoms with Crippen LogP contribution < -0.4 is 10.1 Å². The highest BCUT2D eigenvalue weighted by molar-refractivity contribution is 6.32. The zero-order valence-corrected chi connectivity index (χ0v) is 13.5. The topological polar surface area (TPSA) is 41.5 Å². The molecule has 4 heteroatoms. The molecule has 0 radical (unpaired) electrons. The predicted molar refractivity (Wildman–Crippen MR) is 87.0 cm³/mol. The van der Waals surface area contributed by atoms with Crippen molar-refractivity contribution in [2.24, 2.45) is 5.41 Å². The van der Waals surface area contributed by atoms with Crippen molar-refractivity contribution in [3.05, 3.63) is 29.3 Å². The van der Waals surface area contributed by atoms with Crippen molar-refractivity contribution in [2.45, 2.75) is 45.1 Å². The van der Waals surface area contributed by atoms with Gasteiger partial charge in [0.1, 0.15) is 18.5 Å². The Hall–Kier alpha value is -0.770. The van der Waals surface area contributed by atoms with Crippen LogP contribution in [0.25, 0.3) is 0 Å².